The first-order valence-electron chi connectivity index (χ1n) is 8.95. The third-order valence-electron chi connectivity index (χ3n) is 4.89. The van der Waals surface area contributed by atoms with Gasteiger partial charge in [0.25, 0.3) is 0 Å². The van der Waals surface area contributed by atoms with E-state index in [2.05, 4.69) is 10.6 Å². The number of benzene rings is 2. The average Bonchev–Trinajstić information content (AvgIpc) is 2.72. The molecule has 28 heavy (non-hydrogen) atoms. The SMILES string of the molecule is COc1ccc2c(c1)CCC[C@]2(O)CNC(=O)C(=O)Nc1ccccc1C#N. The highest BCUT2D eigenvalue weighted by molar-refractivity contribution is 6.39. The van der Waals surface area contributed by atoms with Crippen LogP contribution in [0.25, 0.3) is 0 Å². The number of hydrogen-bond donors (Lipinski definition) is 3. The Kier molecular flexibility index (Phi) is 5.62. The molecule has 2 amide bonds. The number of nitrogens with zero attached hydrogens (tertiary/aromatic N) is 1. The molecule has 7 heteroatoms. The second-order valence-electron chi connectivity index (χ2n) is 6.70. The number of para-hydroxylation sites is 1. The van der Waals surface area contributed by atoms with Gasteiger partial charge >= 0.3 is 11.8 Å². The number of amides is 2. The number of ether oxygens (including phenoxy) is 1. The molecule has 1 atom stereocenters. The third-order valence-corrected chi connectivity index (χ3v) is 4.89. The zero-order valence-electron chi connectivity index (χ0n) is 15.5. The second-order valence-corrected chi connectivity index (χ2v) is 6.70. The van der Waals surface area contributed by atoms with Crippen molar-refractivity contribution >= 4 is 17.5 Å². The lowest BCUT2D eigenvalue weighted by Crippen LogP contribution is -2.46. The van der Waals surface area contributed by atoms with Gasteiger partial charge in [-0.15, -0.1) is 0 Å². The van der Waals surface area contributed by atoms with Gasteiger partial charge in [0, 0.05) is 0 Å². The fourth-order valence-corrected chi connectivity index (χ4v) is 3.42. The molecule has 144 valence electrons. The van der Waals surface area contributed by atoms with Crippen LogP contribution >= 0.6 is 0 Å². The molecule has 0 bridgehead atoms. The first kappa shape index (κ1) is 19.4. The summed E-state index contributed by atoms with van der Waals surface area (Å²) < 4.78 is 5.23. The predicted octanol–water partition coefficient (Wildman–Crippen LogP) is 1.85. The van der Waals surface area contributed by atoms with Crippen LogP contribution < -0.4 is 15.4 Å². The molecule has 0 heterocycles. The molecule has 0 saturated heterocycles. The van der Waals surface area contributed by atoms with E-state index >= 15 is 0 Å². The summed E-state index contributed by atoms with van der Waals surface area (Å²) in [6, 6.07) is 13.8. The van der Waals surface area contributed by atoms with Crippen molar-refractivity contribution in [2.75, 3.05) is 19.0 Å². The van der Waals surface area contributed by atoms with Gasteiger partial charge in [-0.3, -0.25) is 9.59 Å². The highest BCUT2D eigenvalue weighted by atomic mass is 16.5. The third kappa shape index (κ3) is 3.97. The molecule has 2 aromatic carbocycles. The fourth-order valence-electron chi connectivity index (χ4n) is 3.42. The van der Waals surface area contributed by atoms with Crippen LogP contribution in [0.2, 0.25) is 0 Å². The minimum atomic E-state index is -1.25. The van der Waals surface area contributed by atoms with Gasteiger partial charge in [-0.05, 0) is 54.7 Å². The van der Waals surface area contributed by atoms with E-state index in [1.165, 1.54) is 0 Å². The lowest BCUT2D eigenvalue weighted by Gasteiger charge is -2.34. The van der Waals surface area contributed by atoms with Crippen molar-refractivity contribution in [3.8, 4) is 11.8 Å². The number of aliphatic hydroxyl groups is 1. The fraction of sp³-hybridized carbons (Fsp3) is 0.286. The molecular formula is C21H21N3O4. The van der Waals surface area contributed by atoms with Crippen LogP contribution in [-0.2, 0) is 21.6 Å². The number of nitriles is 1. The molecule has 3 rings (SSSR count). The Morgan fingerprint density at radius 1 is 1.25 bits per heavy atom. The zero-order chi connectivity index (χ0) is 20.1. The molecule has 0 unspecified atom stereocenters. The second kappa shape index (κ2) is 8.11. The summed E-state index contributed by atoms with van der Waals surface area (Å²) in [5.74, 6) is -1.05. The van der Waals surface area contributed by atoms with Crippen LogP contribution in [-0.4, -0.2) is 30.6 Å². The Bertz CT molecular complexity index is 951. The Hall–Kier alpha value is -3.37. The van der Waals surface area contributed by atoms with Gasteiger partial charge in [0.15, 0.2) is 0 Å². The van der Waals surface area contributed by atoms with E-state index in [4.69, 9.17) is 10.00 Å². The lowest BCUT2D eigenvalue weighted by molar-refractivity contribution is -0.137. The Morgan fingerprint density at radius 2 is 2.04 bits per heavy atom. The Balaban J connectivity index is 1.68. The highest BCUT2D eigenvalue weighted by Gasteiger charge is 2.35. The maximum atomic E-state index is 12.2. The van der Waals surface area contributed by atoms with Crippen LogP contribution in [0.5, 0.6) is 5.75 Å². The number of methoxy groups -OCH3 is 1. The van der Waals surface area contributed by atoms with Crippen molar-refractivity contribution in [1.82, 2.24) is 5.32 Å². The summed E-state index contributed by atoms with van der Waals surface area (Å²) in [5.41, 5.74) is 0.974. The molecule has 0 aliphatic heterocycles. The van der Waals surface area contributed by atoms with Crippen LogP contribution in [0.1, 0.15) is 29.5 Å². The van der Waals surface area contributed by atoms with Gasteiger partial charge in [-0.2, -0.15) is 5.26 Å². The van der Waals surface area contributed by atoms with Crippen molar-refractivity contribution in [3.63, 3.8) is 0 Å². The summed E-state index contributed by atoms with van der Waals surface area (Å²) in [7, 11) is 1.58. The number of nitrogens with one attached hydrogen (secondary N) is 2. The van der Waals surface area contributed by atoms with Crippen molar-refractivity contribution in [2.45, 2.75) is 24.9 Å². The van der Waals surface area contributed by atoms with E-state index in [0.29, 0.717) is 12.2 Å². The number of carbonyl (C=O) groups is 2. The quantitative estimate of drug-likeness (QED) is 0.702. The topological polar surface area (TPSA) is 111 Å². The van der Waals surface area contributed by atoms with E-state index in [0.717, 1.165) is 24.0 Å². The molecule has 0 saturated carbocycles. The summed E-state index contributed by atoms with van der Waals surface area (Å²) in [6.45, 7) is -0.0848. The summed E-state index contributed by atoms with van der Waals surface area (Å²) in [6.07, 6.45) is 2.05. The molecule has 7 nitrogen and oxygen atoms in total. The van der Waals surface area contributed by atoms with Crippen molar-refractivity contribution in [2.24, 2.45) is 0 Å². The number of fused-ring (bicyclic) bond motifs is 1. The number of carbonyl (C=O) groups excluding carboxylic acids is 2. The molecule has 2 aromatic rings. The summed E-state index contributed by atoms with van der Waals surface area (Å²) in [4.78, 5) is 24.4. The van der Waals surface area contributed by atoms with E-state index in [-0.39, 0.29) is 17.8 Å². The normalized spacial score (nSPS) is 17.8. The summed E-state index contributed by atoms with van der Waals surface area (Å²) in [5, 5.41) is 25.1. The Labute approximate surface area is 162 Å². The molecule has 0 fully saturated rings. The van der Waals surface area contributed by atoms with Crippen LogP contribution in [0, 0.1) is 11.3 Å². The van der Waals surface area contributed by atoms with Crippen molar-refractivity contribution < 1.29 is 19.4 Å². The minimum Gasteiger partial charge on any atom is -0.497 e. The van der Waals surface area contributed by atoms with E-state index in [1.54, 1.807) is 43.5 Å². The number of rotatable bonds is 4. The van der Waals surface area contributed by atoms with Gasteiger partial charge in [-0.25, -0.2) is 0 Å². The van der Waals surface area contributed by atoms with Gasteiger partial charge in [-0.1, -0.05) is 18.2 Å². The van der Waals surface area contributed by atoms with E-state index < -0.39 is 17.4 Å². The van der Waals surface area contributed by atoms with Gasteiger partial charge in [0.2, 0.25) is 0 Å². The number of aryl methyl sites for hydroxylation is 1. The first-order chi connectivity index (χ1) is 13.5. The molecule has 0 spiro atoms. The van der Waals surface area contributed by atoms with Gasteiger partial charge in [0.1, 0.15) is 17.4 Å². The molecule has 0 aromatic heterocycles. The van der Waals surface area contributed by atoms with Crippen LogP contribution in [0.4, 0.5) is 5.69 Å². The largest absolute Gasteiger partial charge is 0.497 e. The maximum Gasteiger partial charge on any atom is 0.313 e. The van der Waals surface area contributed by atoms with Crippen LogP contribution in [0.3, 0.4) is 0 Å². The Morgan fingerprint density at radius 3 is 2.79 bits per heavy atom. The average molecular weight is 379 g/mol. The monoisotopic (exact) mass is 379 g/mol. The number of anilines is 1. The highest BCUT2D eigenvalue weighted by Crippen LogP contribution is 2.36. The lowest BCUT2D eigenvalue weighted by atomic mass is 9.79. The van der Waals surface area contributed by atoms with Gasteiger partial charge in [0.05, 0.1) is 24.9 Å². The number of hydrogen-bond acceptors (Lipinski definition) is 5. The molecule has 0 radical (unpaired) electrons. The standard InChI is InChI=1S/C21H21N3O4/c1-28-16-8-9-17-14(11-16)6-4-10-21(17,27)13-23-19(25)20(26)24-18-7-3-2-5-15(18)12-22/h2-3,5,7-9,11,27H,4,6,10,13H2,1H3,(H,23,25)(H,24,26)/t21-/m0/s1. The van der Waals surface area contributed by atoms with Gasteiger partial charge < -0.3 is 20.5 Å². The summed E-state index contributed by atoms with van der Waals surface area (Å²) >= 11 is 0. The van der Waals surface area contributed by atoms with Crippen LogP contribution in [0.15, 0.2) is 42.5 Å². The van der Waals surface area contributed by atoms with E-state index in [1.807, 2.05) is 12.1 Å². The predicted molar refractivity (Wildman–Crippen MR) is 103 cm³/mol. The zero-order valence-corrected chi connectivity index (χ0v) is 15.5. The molecule has 3 N–H and O–H groups in total. The van der Waals surface area contributed by atoms with Crippen molar-refractivity contribution in [3.05, 3.63) is 59.2 Å². The molecule has 1 aliphatic carbocycles. The molecule has 1 aliphatic rings. The maximum absolute atomic E-state index is 12.2. The minimum absolute atomic E-state index is 0.0848. The van der Waals surface area contributed by atoms with E-state index in [9.17, 15) is 14.7 Å². The van der Waals surface area contributed by atoms with Crippen molar-refractivity contribution in [1.29, 1.82) is 5.26 Å². The molecular weight excluding hydrogens is 358 g/mol. The first-order valence-corrected chi connectivity index (χ1v) is 8.95. The smallest absolute Gasteiger partial charge is 0.313 e.